The fourth-order valence-electron chi connectivity index (χ4n) is 1.57. The van der Waals surface area contributed by atoms with Gasteiger partial charge in [-0.05, 0) is 60.4 Å². The predicted molar refractivity (Wildman–Crippen MR) is 76.7 cm³/mol. The topological polar surface area (TPSA) is 21.3 Å². The van der Waals surface area contributed by atoms with Gasteiger partial charge >= 0.3 is 0 Å². The molecule has 2 nitrogen and oxygen atoms in total. The van der Waals surface area contributed by atoms with Crippen molar-refractivity contribution in [1.82, 2.24) is 5.32 Å². The number of rotatable bonds is 7. The molecule has 96 valence electrons. The lowest BCUT2D eigenvalue weighted by molar-refractivity contribution is 0.216. The molecule has 1 rings (SSSR count). The van der Waals surface area contributed by atoms with Gasteiger partial charge in [-0.1, -0.05) is 19.4 Å². The van der Waals surface area contributed by atoms with Crippen molar-refractivity contribution in [2.75, 3.05) is 13.1 Å². The van der Waals surface area contributed by atoms with E-state index in [1.807, 2.05) is 6.07 Å². The lowest BCUT2D eigenvalue weighted by Gasteiger charge is -2.16. The van der Waals surface area contributed by atoms with E-state index < -0.39 is 0 Å². The normalized spacial score (nSPS) is 12.5. The largest absolute Gasteiger partial charge is 0.488 e. The minimum Gasteiger partial charge on any atom is -0.488 e. The van der Waals surface area contributed by atoms with E-state index >= 15 is 0 Å². The number of aryl methyl sites for hydroxylation is 1. The summed E-state index contributed by atoms with van der Waals surface area (Å²) in [6.07, 6.45) is 2.64. The monoisotopic (exact) mass is 299 g/mol. The van der Waals surface area contributed by atoms with Gasteiger partial charge in [-0.25, -0.2) is 0 Å². The first kappa shape index (κ1) is 14.5. The van der Waals surface area contributed by atoms with E-state index in [2.05, 4.69) is 54.2 Å². The van der Waals surface area contributed by atoms with Crippen LogP contribution in [0.3, 0.4) is 0 Å². The summed E-state index contributed by atoms with van der Waals surface area (Å²) in [7, 11) is 0. The molecule has 1 aromatic rings. The van der Waals surface area contributed by atoms with Crippen LogP contribution in [0.4, 0.5) is 0 Å². The number of hydrogen-bond acceptors (Lipinski definition) is 2. The highest BCUT2D eigenvalue weighted by Gasteiger charge is 2.06. The van der Waals surface area contributed by atoms with Gasteiger partial charge in [-0.2, -0.15) is 0 Å². The summed E-state index contributed by atoms with van der Waals surface area (Å²) < 4.78 is 6.90. The fourth-order valence-corrected chi connectivity index (χ4v) is 2.15. The Kier molecular flexibility index (Phi) is 6.60. The predicted octanol–water partition coefficient (Wildman–Crippen LogP) is 3.91. The van der Waals surface area contributed by atoms with Crippen LogP contribution in [0.1, 0.15) is 32.3 Å². The van der Waals surface area contributed by atoms with Crippen LogP contribution in [0, 0.1) is 6.92 Å². The molecule has 0 bridgehead atoms. The third-order valence-electron chi connectivity index (χ3n) is 2.55. The quantitative estimate of drug-likeness (QED) is 0.771. The maximum absolute atomic E-state index is 5.87. The number of unbranched alkanes of at least 4 members (excludes halogenated alkanes) is 1. The third kappa shape index (κ3) is 5.55. The van der Waals surface area contributed by atoms with Gasteiger partial charge in [0.2, 0.25) is 0 Å². The Labute approximate surface area is 113 Å². The van der Waals surface area contributed by atoms with Gasteiger partial charge in [-0.3, -0.25) is 0 Å². The van der Waals surface area contributed by atoms with Crippen LogP contribution in [0.5, 0.6) is 5.75 Å². The standard InChI is InChI=1S/C14H22BrNO/c1-4-5-8-16-10-12(3)17-14-7-6-11(2)9-13(14)15/h6-7,9,12,16H,4-5,8,10H2,1-3H3. The zero-order valence-corrected chi connectivity index (χ0v) is 12.5. The Morgan fingerprint density at radius 3 is 2.82 bits per heavy atom. The minimum atomic E-state index is 0.186. The molecule has 1 aromatic carbocycles. The molecule has 1 unspecified atom stereocenters. The van der Waals surface area contributed by atoms with Crippen LogP contribution in [0.25, 0.3) is 0 Å². The van der Waals surface area contributed by atoms with Crippen molar-refractivity contribution in [3.05, 3.63) is 28.2 Å². The van der Waals surface area contributed by atoms with Gasteiger partial charge in [0.15, 0.2) is 0 Å². The first-order chi connectivity index (χ1) is 8.13. The second kappa shape index (κ2) is 7.72. The molecule has 0 heterocycles. The van der Waals surface area contributed by atoms with Crippen molar-refractivity contribution in [3.63, 3.8) is 0 Å². The molecule has 0 aliphatic carbocycles. The van der Waals surface area contributed by atoms with Gasteiger partial charge in [0, 0.05) is 6.54 Å². The zero-order valence-electron chi connectivity index (χ0n) is 10.9. The summed E-state index contributed by atoms with van der Waals surface area (Å²) in [6, 6.07) is 6.16. The van der Waals surface area contributed by atoms with Crippen molar-refractivity contribution >= 4 is 15.9 Å². The van der Waals surface area contributed by atoms with Gasteiger partial charge in [0.25, 0.3) is 0 Å². The highest BCUT2D eigenvalue weighted by Crippen LogP contribution is 2.26. The van der Waals surface area contributed by atoms with Gasteiger partial charge in [0.1, 0.15) is 11.9 Å². The number of hydrogen-bond donors (Lipinski definition) is 1. The van der Waals surface area contributed by atoms with Crippen LogP contribution >= 0.6 is 15.9 Å². The summed E-state index contributed by atoms with van der Waals surface area (Å²) in [6.45, 7) is 8.32. The van der Waals surface area contributed by atoms with Crippen molar-refractivity contribution in [3.8, 4) is 5.75 Å². The molecule has 0 saturated heterocycles. The molecule has 1 N–H and O–H groups in total. The highest BCUT2D eigenvalue weighted by atomic mass is 79.9. The number of halogens is 1. The molecule has 0 amide bonds. The Morgan fingerprint density at radius 2 is 2.18 bits per heavy atom. The van der Waals surface area contributed by atoms with Crippen LogP contribution in [-0.4, -0.2) is 19.2 Å². The Bertz CT molecular complexity index is 341. The van der Waals surface area contributed by atoms with E-state index in [1.165, 1.54) is 18.4 Å². The van der Waals surface area contributed by atoms with Crippen molar-refractivity contribution in [2.45, 2.75) is 39.7 Å². The molecule has 0 aliphatic heterocycles. The van der Waals surface area contributed by atoms with Crippen LogP contribution in [0.2, 0.25) is 0 Å². The maximum Gasteiger partial charge on any atom is 0.133 e. The summed E-state index contributed by atoms with van der Waals surface area (Å²) in [5.74, 6) is 0.917. The lowest BCUT2D eigenvalue weighted by Crippen LogP contribution is -2.29. The van der Waals surface area contributed by atoms with Crippen LogP contribution < -0.4 is 10.1 Å². The van der Waals surface area contributed by atoms with Crippen molar-refractivity contribution in [1.29, 1.82) is 0 Å². The minimum absolute atomic E-state index is 0.186. The molecule has 0 radical (unpaired) electrons. The van der Waals surface area contributed by atoms with Crippen LogP contribution in [-0.2, 0) is 0 Å². The third-order valence-corrected chi connectivity index (χ3v) is 3.17. The lowest BCUT2D eigenvalue weighted by atomic mass is 10.2. The smallest absolute Gasteiger partial charge is 0.133 e. The zero-order chi connectivity index (χ0) is 12.7. The molecular formula is C14H22BrNO. The molecule has 0 aromatic heterocycles. The van der Waals surface area contributed by atoms with Crippen molar-refractivity contribution < 1.29 is 4.74 Å². The van der Waals surface area contributed by atoms with Gasteiger partial charge in [-0.15, -0.1) is 0 Å². The average molecular weight is 300 g/mol. The molecule has 0 aliphatic rings. The van der Waals surface area contributed by atoms with Crippen molar-refractivity contribution in [2.24, 2.45) is 0 Å². The molecule has 17 heavy (non-hydrogen) atoms. The van der Waals surface area contributed by atoms with E-state index in [0.29, 0.717) is 0 Å². The maximum atomic E-state index is 5.87. The summed E-state index contributed by atoms with van der Waals surface area (Å²) in [4.78, 5) is 0. The summed E-state index contributed by atoms with van der Waals surface area (Å²) in [5, 5.41) is 3.40. The Hall–Kier alpha value is -0.540. The molecular weight excluding hydrogens is 278 g/mol. The summed E-state index contributed by atoms with van der Waals surface area (Å²) in [5.41, 5.74) is 1.23. The second-order valence-electron chi connectivity index (χ2n) is 4.42. The second-order valence-corrected chi connectivity index (χ2v) is 5.27. The number of benzene rings is 1. The Morgan fingerprint density at radius 1 is 1.41 bits per heavy atom. The molecule has 3 heteroatoms. The van der Waals surface area contributed by atoms with Gasteiger partial charge in [0.05, 0.1) is 4.47 Å². The summed E-state index contributed by atoms with van der Waals surface area (Å²) >= 11 is 3.52. The average Bonchev–Trinajstić information content (AvgIpc) is 2.28. The first-order valence-corrected chi connectivity index (χ1v) is 7.06. The Balaban J connectivity index is 2.37. The van der Waals surface area contributed by atoms with E-state index in [4.69, 9.17) is 4.74 Å². The van der Waals surface area contributed by atoms with Crippen LogP contribution in [0.15, 0.2) is 22.7 Å². The number of nitrogens with one attached hydrogen (secondary N) is 1. The van der Waals surface area contributed by atoms with E-state index in [-0.39, 0.29) is 6.10 Å². The molecule has 0 spiro atoms. The fraction of sp³-hybridized carbons (Fsp3) is 0.571. The molecule has 1 atom stereocenters. The molecule has 0 fully saturated rings. The van der Waals surface area contributed by atoms with E-state index in [0.717, 1.165) is 23.3 Å². The molecule has 0 saturated carbocycles. The van der Waals surface area contributed by atoms with Gasteiger partial charge < -0.3 is 10.1 Å². The van der Waals surface area contributed by atoms with E-state index in [9.17, 15) is 0 Å². The number of ether oxygens (including phenoxy) is 1. The SMILES string of the molecule is CCCCNCC(C)Oc1ccc(C)cc1Br. The van der Waals surface area contributed by atoms with E-state index in [1.54, 1.807) is 0 Å². The highest BCUT2D eigenvalue weighted by molar-refractivity contribution is 9.10. The first-order valence-electron chi connectivity index (χ1n) is 6.27.